The van der Waals surface area contributed by atoms with E-state index in [1.807, 2.05) is 6.92 Å². The van der Waals surface area contributed by atoms with Crippen molar-refractivity contribution in [1.29, 1.82) is 0 Å². The van der Waals surface area contributed by atoms with E-state index in [1.54, 1.807) is 45.2 Å². The Morgan fingerprint density at radius 1 is 1.14 bits per heavy atom. The first-order chi connectivity index (χ1) is 16.9. The number of aromatic nitrogens is 3. The van der Waals surface area contributed by atoms with Crippen LogP contribution in [0, 0.1) is 6.92 Å². The lowest BCUT2D eigenvalue weighted by molar-refractivity contribution is -0.115. The second-order valence-electron chi connectivity index (χ2n) is 9.26. The zero-order valence-corrected chi connectivity index (χ0v) is 21.5. The van der Waals surface area contributed by atoms with Gasteiger partial charge in [0.05, 0.1) is 33.9 Å². The average Bonchev–Trinajstić information content (AvgIpc) is 2.83. The molecule has 0 bridgehead atoms. The van der Waals surface area contributed by atoms with Crippen LogP contribution < -0.4 is 10.9 Å². The zero-order chi connectivity index (χ0) is 26.3. The number of fused-ring (bicyclic) bond motifs is 1. The molecule has 3 aromatic rings. The van der Waals surface area contributed by atoms with Gasteiger partial charge in [-0.3, -0.25) is 14.4 Å². The zero-order valence-electron chi connectivity index (χ0n) is 20.7. The Labute approximate surface area is 209 Å². The maximum absolute atomic E-state index is 13.6. The van der Waals surface area contributed by atoms with Crippen molar-refractivity contribution in [2.75, 3.05) is 11.1 Å². The summed E-state index contributed by atoms with van der Waals surface area (Å²) in [6.07, 6.45) is 1.04. The summed E-state index contributed by atoms with van der Waals surface area (Å²) in [5, 5.41) is 7.10. The molecular formula is C26H28N4O5S. The number of Topliss-reactive ketones (excluding diaryl/α,β-unsaturated/α-hetero) is 1. The average molecular weight is 509 g/mol. The highest BCUT2D eigenvalue weighted by Gasteiger charge is 2.43. The Morgan fingerprint density at radius 3 is 2.47 bits per heavy atom. The van der Waals surface area contributed by atoms with Gasteiger partial charge in [0.25, 0.3) is 5.56 Å². The summed E-state index contributed by atoms with van der Waals surface area (Å²) in [7, 11) is -1.74. The van der Waals surface area contributed by atoms with Gasteiger partial charge in [0, 0.05) is 18.7 Å². The van der Waals surface area contributed by atoms with E-state index >= 15 is 0 Å². The van der Waals surface area contributed by atoms with Gasteiger partial charge in [-0.2, -0.15) is 5.10 Å². The molecule has 9 nitrogen and oxygen atoms in total. The number of aryl methyl sites for hydroxylation is 3. The molecule has 0 saturated heterocycles. The number of hydrogen-bond acceptors (Lipinski definition) is 7. The number of nitrogens with one attached hydrogen (secondary N) is 1. The quantitative estimate of drug-likeness (QED) is 0.542. The van der Waals surface area contributed by atoms with Crippen LogP contribution in [-0.4, -0.2) is 40.6 Å². The van der Waals surface area contributed by atoms with Crippen molar-refractivity contribution in [1.82, 2.24) is 14.8 Å². The molecule has 1 aromatic carbocycles. The molecule has 1 aliphatic carbocycles. The summed E-state index contributed by atoms with van der Waals surface area (Å²) in [5.41, 5.74) is 1.92. The molecule has 1 unspecified atom stereocenters. The molecule has 36 heavy (non-hydrogen) atoms. The maximum atomic E-state index is 13.6. The van der Waals surface area contributed by atoms with Gasteiger partial charge in [-0.25, -0.2) is 18.1 Å². The van der Waals surface area contributed by atoms with Crippen LogP contribution >= 0.6 is 0 Å². The minimum Gasteiger partial charge on any atom is -0.310 e. The summed E-state index contributed by atoms with van der Waals surface area (Å²) >= 11 is 0. The minimum absolute atomic E-state index is 0.0133. The Bertz CT molecular complexity index is 1530. The van der Waals surface area contributed by atoms with Crippen molar-refractivity contribution in [3.63, 3.8) is 0 Å². The van der Waals surface area contributed by atoms with Crippen LogP contribution in [0.5, 0.6) is 0 Å². The van der Waals surface area contributed by atoms with Gasteiger partial charge in [0.15, 0.2) is 15.6 Å². The molecule has 1 amide bonds. The van der Waals surface area contributed by atoms with Crippen molar-refractivity contribution in [2.24, 2.45) is 7.05 Å². The van der Waals surface area contributed by atoms with Gasteiger partial charge in [0.2, 0.25) is 5.91 Å². The third-order valence-corrected chi connectivity index (χ3v) is 8.45. The first kappa shape index (κ1) is 25.4. The summed E-state index contributed by atoms with van der Waals surface area (Å²) in [6, 6.07) is 10.9. The van der Waals surface area contributed by atoms with E-state index in [1.165, 1.54) is 22.9 Å². The van der Waals surface area contributed by atoms with Gasteiger partial charge in [-0.1, -0.05) is 19.1 Å². The number of anilines is 1. The molecule has 188 valence electrons. The van der Waals surface area contributed by atoms with Crippen LogP contribution in [-0.2, 0) is 39.9 Å². The number of amides is 1. The Balaban J connectivity index is 1.53. The molecule has 0 fully saturated rings. The molecule has 1 aliphatic rings. The number of ketones is 1. The molecule has 0 aliphatic heterocycles. The lowest BCUT2D eigenvalue weighted by atomic mass is 9.70. The number of carbonyl (C=O) groups excluding carboxylic acids is 2. The fourth-order valence-electron chi connectivity index (χ4n) is 4.45. The van der Waals surface area contributed by atoms with E-state index in [9.17, 15) is 22.8 Å². The monoisotopic (exact) mass is 508 g/mol. The van der Waals surface area contributed by atoms with Gasteiger partial charge < -0.3 is 5.32 Å². The predicted molar refractivity (Wildman–Crippen MR) is 135 cm³/mol. The van der Waals surface area contributed by atoms with Crippen molar-refractivity contribution in [2.45, 2.75) is 50.3 Å². The Hall–Kier alpha value is -3.66. The van der Waals surface area contributed by atoms with E-state index in [0.29, 0.717) is 46.7 Å². The van der Waals surface area contributed by atoms with Gasteiger partial charge in [-0.15, -0.1) is 0 Å². The second-order valence-corrected chi connectivity index (χ2v) is 11.5. The molecule has 0 saturated carbocycles. The molecule has 0 spiro atoms. The number of nitrogens with zero attached hydrogens (tertiary/aromatic N) is 3. The number of pyridine rings is 1. The summed E-state index contributed by atoms with van der Waals surface area (Å²) in [5.74, 6) is -0.0355. The van der Waals surface area contributed by atoms with Crippen LogP contribution in [0.1, 0.15) is 53.1 Å². The summed E-state index contributed by atoms with van der Waals surface area (Å²) in [4.78, 5) is 42.7. The molecule has 0 radical (unpaired) electrons. The Kier molecular flexibility index (Phi) is 6.66. The van der Waals surface area contributed by atoms with E-state index in [-0.39, 0.29) is 34.3 Å². The molecule has 1 N–H and O–H groups in total. The summed E-state index contributed by atoms with van der Waals surface area (Å²) in [6.45, 7) is 5.22. The number of carbonyl (C=O) groups is 2. The highest BCUT2D eigenvalue weighted by atomic mass is 32.2. The smallest absolute Gasteiger partial charge is 0.266 e. The largest absolute Gasteiger partial charge is 0.310 e. The molecule has 2 aromatic heterocycles. The normalized spacial score (nSPS) is 17.5. The third-order valence-electron chi connectivity index (χ3n) is 6.70. The van der Waals surface area contributed by atoms with Crippen molar-refractivity contribution in [3.05, 3.63) is 80.9 Å². The van der Waals surface area contributed by atoms with Crippen LogP contribution in [0.4, 0.5) is 5.82 Å². The number of rotatable bonds is 6. The standard InChI is InChI=1S/C26H28N4O5S/c1-5-36(34,35)18-8-6-17(7-9-18)15-22(31)28-21-14-16(2)24-19(27-21)12-13-26(3,25(24)33)20-10-11-23(32)30(4)29-20/h6-11,14H,5,12-13,15H2,1-4H3,(H,27,28,31). The first-order valence-electron chi connectivity index (χ1n) is 11.7. The fraction of sp³-hybridized carbons (Fsp3) is 0.346. The van der Waals surface area contributed by atoms with E-state index < -0.39 is 15.3 Å². The van der Waals surface area contributed by atoms with Crippen LogP contribution in [0.25, 0.3) is 0 Å². The predicted octanol–water partition coefficient (Wildman–Crippen LogP) is 2.55. The van der Waals surface area contributed by atoms with E-state index in [4.69, 9.17) is 0 Å². The van der Waals surface area contributed by atoms with Gasteiger partial charge in [-0.05, 0) is 62.1 Å². The second kappa shape index (κ2) is 9.42. The highest BCUT2D eigenvalue weighted by Crippen LogP contribution is 2.38. The van der Waals surface area contributed by atoms with Gasteiger partial charge in [0.1, 0.15) is 5.82 Å². The van der Waals surface area contributed by atoms with Crippen molar-refractivity contribution >= 4 is 27.3 Å². The minimum atomic E-state index is -3.30. The fourth-order valence-corrected chi connectivity index (χ4v) is 5.33. The first-order valence-corrected chi connectivity index (χ1v) is 13.3. The molecule has 10 heteroatoms. The number of sulfone groups is 1. The van der Waals surface area contributed by atoms with Crippen LogP contribution in [0.15, 0.2) is 52.2 Å². The van der Waals surface area contributed by atoms with Gasteiger partial charge >= 0.3 is 0 Å². The Morgan fingerprint density at radius 2 is 1.83 bits per heavy atom. The number of hydrogen-bond donors (Lipinski definition) is 1. The van der Waals surface area contributed by atoms with Crippen molar-refractivity contribution < 1.29 is 18.0 Å². The third kappa shape index (κ3) is 4.73. The molecule has 1 atom stereocenters. The topological polar surface area (TPSA) is 128 Å². The highest BCUT2D eigenvalue weighted by molar-refractivity contribution is 7.91. The SMILES string of the molecule is CCS(=O)(=O)c1ccc(CC(=O)Nc2cc(C)c3c(n2)CCC(C)(c2ccc(=O)n(C)n2)C3=O)cc1. The number of benzene rings is 1. The lowest BCUT2D eigenvalue weighted by Gasteiger charge is -2.33. The maximum Gasteiger partial charge on any atom is 0.266 e. The van der Waals surface area contributed by atoms with E-state index in [2.05, 4.69) is 15.4 Å². The molecular weight excluding hydrogens is 480 g/mol. The molecule has 4 rings (SSSR count). The summed E-state index contributed by atoms with van der Waals surface area (Å²) < 4.78 is 25.2. The molecule has 2 heterocycles. The van der Waals surface area contributed by atoms with E-state index in [0.717, 1.165) is 0 Å². The van der Waals surface area contributed by atoms with Crippen LogP contribution in [0.3, 0.4) is 0 Å². The van der Waals surface area contributed by atoms with Crippen molar-refractivity contribution in [3.8, 4) is 0 Å². The van der Waals surface area contributed by atoms with Crippen LogP contribution in [0.2, 0.25) is 0 Å². The lowest BCUT2D eigenvalue weighted by Crippen LogP contribution is -2.40.